The third-order valence-corrected chi connectivity index (χ3v) is 4.02. The lowest BCUT2D eigenvalue weighted by atomic mass is 10.0. The van der Waals surface area contributed by atoms with Gasteiger partial charge in [-0.25, -0.2) is 5.01 Å². The van der Waals surface area contributed by atoms with Gasteiger partial charge in [-0.15, -0.1) is 0 Å². The minimum atomic E-state index is -0.981. The van der Waals surface area contributed by atoms with Gasteiger partial charge in [-0.05, 0) is 13.8 Å². The Bertz CT molecular complexity index is 820. The summed E-state index contributed by atoms with van der Waals surface area (Å²) in [7, 11) is 1.44. The highest BCUT2D eigenvalue weighted by Crippen LogP contribution is 2.27. The fraction of sp³-hybridized carbons (Fsp3) is 0.444. The van der Waals surface area contributed by atoms with Gasteiger partial charge in [0.05, 0.1) is 29.1 Å². The Morgan fingerprint density at radius 2 is 2.00 bits per heavy atom. The quantitative estimate of drug-likeness (QED) is 0.428. The van der Waals surface area contributed by atoms with Crippen LogP contribution in [0.2, 0.25) is 0 Å². The van der Waals surface area contributed by atoms with Crippen molar-refractivity contribution in [1.29, 1.82) is 0 Å². The highest BCUT2D eigenvalue weighted by molar-refractivity contribution is 6.39. The van der Waals surface area contributed by atoms with Crippen LogP contribution in [-0.2, 0) is 19.1 Å². The van der Waals surface area contributed by atoms with Gasteiger partial charge in [-0.2, -0.15) is 5.10 Å². The van der Waals surface area contributed by atoms with Crippen LogP contribution < -0.4 is 5.32 Å². The van der Waals surface area contributed by atoms with Crippen LogP contribution in [0, 0.1) is 10.1 Å². The summed E-state index contributed by atoms with van der Waals surface area (Å²) >= 11 is 0. The van der Waals surface area contributed by atoms with Crippen LogP contribution in [0.5, 0.6) is 0 Å². The molecule has 0 aromatic heterocycles. The van der Waals surface area contributed by atoms with Gasteiger partial charge in [-0.3, -0.25) is 24.5 Å². The summed E-state index contributed by atoms with van der Waals surface area (Å²) in [6, 6.07) is 4.88. The SMILES string of the molecule is CC(C)OC(=O)CC(NC(=O)C1=NN(C)C(=O)CC1)c1ccccc1[N+](=O)[O-]. The fourth-order valence-corrected chi connectivity index (χ4v) is 2.74. The van der Waals surface area contributed by atoms with E-state index in [0.717, 1.165) is 5.01 Å². The second kappa shape index (κ2) is 9.07. The number of esters is 1. The molecule has 10 heteroatoms. The van der Waals surface area contributed by atoms with Gasteiger partial charge in [0.1, 0.15) is 5.71 Å². The molecule has 28 heavy (non-hydrogen) atoms. The molecular formula is C18H22N4O6. The van der Waals surface area contributed by atoms with Crippen LogP contribution >= 0.6 is 0 Å². The lowest BCUT2D eigenvalue weighted by Gasteiger charge is -2.22. The van der Waals surface area contributed by atoms with Gasteiger partial charge in [-0.1, -0.05) is 18.2 Å². The smallest absolute Gasteiger partial charge is 0.308 e. The van der Waals surface area contributed by atoms with Crippen LogP contribution in [0.15, 0.2) is 29.4 Å². The number of ether oxygens (including phenoxy) is 1. The van der Waals surface area contributed by atoms with Crippen LogP contribution in [0.3, 0.4) is 0 Å². The van der Waals surface area contributed by atoms with E-state index in [-0.39, 0.29) is 48.2 Å². The molecule has 1 N–H and O–H groups in total. The Labute approximate surface area is 161 Å². The van der Waals surface area contributed by atoms with E-state index < -0.39 is 22.8 Å². The van der Waals surface area contributed by atoms with Crippen LogP contribution in [-0.4, -0.2) is 46.6 Å². The van der Waals surface area contributed by atoms with Gasteiger partial charge in [0.15, 0.2) is 0 Å². The molecular weight excluding hydrogens is 368 g/mol. The molecule has 10 nitrogen and oxygen atoms in total. The highest BCUT2D eigenvalue weighted by Gasteiger charge is 2.29. The normalized spacial score (nSPS) is 15.1. The summed E-state index contributed by atoms with van der Waals surface area (Å²) in [5, 5.41) is 19.0. The van der Waals surface area contributed by atoms with Crippen LogP contribution in [0.25, 0.3) is 0 Å². The van der Waals surface area contributed by atoms with Crippen molar-refractivity contribution in [1.82, 2.24) is 10.3 Å². The summed E-state index contributed by atoms with van der Waals surface area (Å²) in [5.41, 5.74) is 0.0772. The molecule has 1 unspecified atom stereocenters. The number of carbonyl (C=O) groups is 3. The first-order valence-corrected chi connectivity index (χ1v) is 8.76. The number of rotatable bonds is 7. The number of nitrogens with zero attached hydrogens (tertiary/aromatic N) is 3. The maximum absolute atomic E-state index is 12.6. The largest absolute Gasteiger partial charge is 0.463 e. The van der Waals surface area contributed by atoms with Crippen molar-refractivity contribution in [2.45, 2.75) is 45.3 Å². The summed E-state index contributed by atoms with van der Waals surface area (Å²) in [6.45, 7) is 3.36. The zero-order valence-electron chi connectivity index (χ0n) is 15.9. The molecule has 1 aliphatic rings. The zero-order chi connectivity index (χ0) is 20.8. The number of nitro groups is 1. The lowest BCUT2D eigenvalue weighted by Crippen LogP contribution is -2.40. The Hall–Kier alpha value is -3.30. The third kappa shape index (κ3) is 5.35. The van der Waals surface area contributed by atoms with E-state index in [4.69, 9.17) is 4.74 Å². The van der Waals surface area contributed by atoms with E-state index in [9.17, 15) is 24.5 Å². The molecule has 1 aromatic rings. The second-order valence-electron chi connectivity index (χ2n) is 6.55. The zero-order valence-corrected chi connectivity index (χ0v) is 15.9. The number of nitro benzene ring substituents is 1. The Kier molecular flexibility index (Phi) is 6.80. The van der Waals surface area contributed by atoms with Crippen LogP contribution in [0.4, 0.5) is 5.69 Å². The second-order valence-corrected chi connectivity index (χ2v) is 6.55. The molecule has 2 rings (SSSR count). The number of hydrogen-bond donors (Lipinski definition) is 1. The number of amides is 2. The summed E-state index contributed by atoms with van der Waals surface area (Å²) in [5.74, 6) is -1.41. The first kappa shape index (κ1) is 21.0. The molecule has 1 aliphatic heterocycles. The predicted molar refractivity (Wildman–Crippen MR) is 99.3 cm³/mol. The highest BCUT2D eigenvalue weighted by atomic mass is 16.6. The van der Waals surface area contributed by atoms with Gasteiger partial charge in [0, 0.05) is 26.0 Å². The molecule has 0 saturated carbocycles. The average Bonchev–Trinajstić information content (AvgIpc) is 2.62. The minimum Gasteiger partial charge on any atom is -0.463 e. The number of nitrogens with one attached hydrogen (secondary N) is 1. The maximum Gasteiger partial charge on any atom is 0.308 e. The van der Waals surface area contributed by atoms with Gasteiger partial charge < -0.3 is 10.1 Å². The standard InChI is InChI=1S/C18H22N4O6/c1-11(2)28-17(24)10-14(12-6-4-5-7-15(12)22(26)27)19-18(25)13-8-9-16(23)21(3)20-13/h4-7,11,14H,8-10H2,1-3H3,(H,19,25). The monoisotopic (exact) mass is 390 g/mol. The summed E-state index contributed by atoms with van der Waals surface area (Å²) in [6.07, 6.45) is -0.364. The van der Waals surface area contributed by atoms with Crippen molar-refractivity contribution in [3.05, 3.63) is 39.9 Å². The molecule has 1 heterocycles. The van der Waals surface area contributed by atoms with Gasteiger partial charge in [0.25, 0.3) is 11.6 Å². The number of carbonyl (C=O) groups excluding carboxylic acids is 3. The van der Waals surface area contributed by atoms with E-state index in [0.29, 0.717) is 0 Å². The number of hydrogen-bond acceptors (Lipinski definition) is 7. The number of benzene rings is 1. The van der Waals surface area contributed by atoms with Crippen molar-refractivity contribution in [3.8, 4) is 0 Å². The number of hydrazone groups is 1. The molecule has 2 amide bonds. The van der Waals surface area contributed by atoms with E-state index in [2.05, 4.69) is 10.4 Å². The molecule has 1 aromatic carbocycles. The minimum absolute atomic E-state index is 0.114. The van der Waals surface area contributed by atoms with Crippen molar-refractivity contribution < 1.29 is 24.0 Å². The van der Waals surface area contributed by atoms with Gasteiger partial charge in [0.2, 0.25) is 5.91 Å². The Morgan fingerprint density at radius 3 is 2.61 bits per heavy atom. The first-order valence-electron chi connectivity index (χ1n) is 8.76. The van der Waals surface area contributed by atoms with E-state index in [1.165, 1.54) is 25.2 Å². The van der Waals surface area contributed by atoms with Crippen molar-refractivity contribution in [3.63, 3.8) is 0 Å². The van der Waals surface area contributed by atoms with Crippen molar-refractivity contribution >= 4 is 29.2 Å². The maximum atomic E-state index is 12.6. The van der Waals surface area contributed by atoms with Gasteiger partial charge >= 0.3 is 5.97 Å². The molecule has 0 saturated heterocycles. The third-order valence-electron chi connectivity index (χ3n) is 4.02. The van der Waals surface area contributed by atoms with Crippen molar-refractivity contribution in [2.24, 2.45) is 5.10 Å². The lowest BCUT2D eigenvalue weighted by molar-refractivity contribution is -0.385. The molecule has 0 aliphatic carbocycles. The predicted octanol–water partition coefficient (Wildman–Crippen LogP) is 1.70. The van der Waals surface area contributed by atoms with Crippen molar-refractivity contribution in [2.75, 3.05) is 7.05 Å². The molecule has 1 atom stereocenters. The van der Waals surface area contributed by atoms with E-state index in [1.807, 2.05) is 0 Å². The molecule has 0 radical (unpaired) electrons. The summed E-state index contributed by atoms with van der Waals surface area (Å²) < 4.78 is 5.12. The molecule has 150 valence electrons. The fourth-order valence-electron chi connectivity index (χ4n) is 2.74. The average molecular weight is 390 g/mol. The van der Waals surface area contributed by atoms with Crippen LogP contribution in [0.1, 0.15) is 44.7 Å². The Balaban J connectivity index is 2.30. The molecule has 0 fully saturated rings. The molecule has 0 spiro atoms. The molecule has 0 bridgehead atoms. The van der Waals surface area contributed by atoms with E-state index in [1.54, 1.807) is 19.9 Å². The number of para-hydroxylation sites is 1. The van der Waals surface area contributed by atoms with E-state index >= 15 is 0 Å². The first-order chi connectivity index (χ1) is 13.2. The topological polar surface area (TPSA) is 131 Å². The Morgan fingerprint density at radius 1 is 1.32 bits per heavy atom. The summed E-state index contributed by atoms with van der Waals surface area (Å²) in [4.78, 5) is 47.1.